The van der Waals surface area contributed by atoms with Crippen molar-refractivity contribution in [2.45, 2.75) is 39.5 Å². The number of unbranched alkanes of at least 4 members (excludes halogenated alkanes) is 1. The molecule has 2 aromatic rings. The number of aromatic amines is 1. The topological polar surface area (TPSA) is 81.2 Å². The summed E-state index contributed by atoms with van der Waals surface area (Å²) in [6.07, 6.45) is 4.66. The van der Waals surface area contributed by atoms with Crippen LogP contribution in [0, 0.1) is 5.92 Å². The van der Waals surface area contributed by atoms with E-state index in [4.69, 9.17) is 14.9 Å². The maximum absolute atomic E-state index is 11.1. The number of nitrogen functional groups attached to an aromatic ring is 1. The third kappa shape index (κ3) is 3.35. The van der Waals surface area contributed by atoms with Crippen molar-refractivity contribution in [2.24, 2.45) is 5.92 Å². The molecule has 1 aromatic heterocycles. The molecule has 0 bridgehead atoms. The predicted molar refractivity (Wildman–Crippen MR) is 80.0 cm³/mol. The van der Waals surface area contributed by atoms with Crippen molar-refractivity contribution in [3.8, 4) is 5.75 Å². The van der Waals surface area contributed by atoms with Gasteiger partial charge in [-0.05, 0) is 12.3 Å². The van der Waals surface area contributed by atoms with Crippen molar-refractivity contribution in [3.05, 3.63) is 22.7 Å². The fourth-order valence-electron chi connectivity index (χ4n) is 2.22. The fourth-order valence-corrected chi connectivity index (χ4v) is 2.22. The first-order chi connectivity index (χ1) is 9.63. The first-order valence-corrected chi connectivity index (χ1v) is 7.19. The molecule has 0 radical (unpaired) electrons. The number of oxazole rings is 1. The molecule has 0 amide bonds. The van der Waals surface area contributed by atoms with Crippen molar-refractivity contribution >= 4 is 16.8 Å². The highest BCUT2D eigenvalue weighted by molar-refractivity contribution is 5.80. The lowest BCUT2D eigenvalue weighted by molar-refractivity contribution is 0.234. The summed E-state index contributed by atoms with van der Waals surface area (Å²) in [7, 11) is 0. The molecule has 2 rings (SSSR count). The molecule has 0 aliphatic carbocycles. The maximum atomic E-state index is 11.1. The van der Waals surface area contributed by atoms with Crippen molar-refractivity contribution in [1.29, 1.82) is 0 Å². The summed E-state index contributed by atoms with van der Waals surface area (Å²) in [5.74, 6) is 0.656. The van der Waals surface area contributed by atoms with E-state index in [-0.39, 0.29) is 0 Å². The Hall–Kier alpha value is -1.91. The number of rotatable bonds is 7. The van der Waals surface area contributed by atoms with Gasteiger partial charge in [-0.15, -0.1) is 0 Å². The number of hydrogen-bond donors (Lipinski definition) is 2. The van der Waals surface area contributed by atoms with E-state index in [1.54, 1.807) is 12.1 Å². The molecule has 20 heavy (non-hydrogen) atoms. The summed E-state index contributed by atoms with van der Waals surface area (Å²) >= 11 is 0. The molecular formula is C15H22N2O3. The predicted octanol–water partition coefficient (Wildman–Crippen LogP) is 3.30. The summed E-state index contributed by atoms with van der Waals surface area (Å²) in [4.78, 5) is 13.7. The van der Waals surface area contributed by atoms with Crippen LogP contribution in [0.1, 0.15) is 39.5 Å². The summed E-state index contributed by atoms with van der Waals surface area (Å²) in [6, 6.07) is 3.34. The lowest BCUT2D eigenvalue weighted by atomic mass is 10.0. The Morgan fingerprint density at radius 1 is 1.40 bits per heavy atom. The Balaban J connectivity index is 2.08. The number of benzene rings is 1. The second kappa shape index (κ2) is 6.50. The van der Waals surface area contributed by atoms with Gasteiger partial charge in [0.2, 0.25) is 0 Å². The number of hydrogen-bond acceptors (Lipinski definition) is 4. The average molecular weight is 278 g/mol. The maximum Gasteiger partial charge on any atom is 0.417 e. The second-order valence-electron chi connectivity index (χ2n) is 5.13. The van der Waals surface area contributed by atoms with Gasteiger partial charge in [0.05, 0.1) is 17.8 Å². The van der Waals surface area contributed by atoms with Crippen LogP contribution < -0.4 is 16.2 Å². The highest BCUT2D eigenvalue weighted by atomic mass is 16.5. The van der Waals surface area contributed by atoms with E-state index in [0.29, 0.717) is 35.1 Å². The molecule has 5 heteroatoms. The average Bonchev–Trinajstić information content (AvgIpc) is 2.78. The highest BCUT2D eigenvalue weighted by Gasteiger charge is 2.11. The minimum absolute atomic E-state index is 0.456. The smallest absolute Gasteiger partial charge is 0.417 e. The molecule has 1 atom stereocenters. The van der Waals surface area contributed by atoms with Crippen LogP contribution in [-0.4, -0.2) is 11.6 Å². The number of nitrogens with two attached hydrogens (primary N) is 1. The van der Waals surface area contributed by atoms with Gasteiger partial charge in [-0.1, -0.05) is 33.1 Å². The number of fused-ring (bicyclic) bond motifs is 1. The number of nitrogens with one attached hydrogen (secondary N) is 1. The first-order valence-electron chi connectivity index (χ1n) is 7.19. The van der Waals surface area contributed by atoms with E-state index in [0.717, 1.165) is 12.8 Å². The van der Waals surface area contributed by atoms with Crippen LogP contribution in [0.25, 0.3) is 11.1 Å². The molecule has 1 heterocycles. The molecule has 0 spiro atoms. The molecule has 5 nitrogen and oxygen atoms in total. The van der Waals surface area contributed by atoms with Crippen molar-refractivity contribution in [3.63, 3.8) is 0 Å². The SMILES string of the molecule is CCCCC(CC)COc1cc2[nH]c(=O)oc2cc1N. The van der Waals surface area contributed by atoms with Crippen LogP contribution in [0.4, 0.5) is 5.69 Å². The van der Waals surface area contributed by atoms with Gasteiger partial charge in [-0.2, -0.15) is 0 Å². The fraction of sp³-hybridized carbons (Fsp3) is 0.533. The summed E-state index contributed by atoms with van der Waals surface area (Å²) in [5, 5.41) is 0. The van der Waals surface area contributed by atoms with Gasteiger partial charge in [0.15, 0.2) is 5.58 Å². The summed E-state index contributed by atoms with van der Waals surface area (Å²) in [5.41, 5.74) is 7.48. The monoisotopic (exact) mass is 278 g/mol. The van der Waals surface area contributed by atoms with Gasteiger partial charge in [0, 0.05) is 12.1 Å². The molecule has 110 valence electrons. The molecule has 0 aliphatic heterocycles. The van der Waals surface area contributed by atoms with Crippen molar-refractivity contribution in [2.75, 3.05) is 12.3 Å². The molecular weight excluding hydrogens is 256 g/mol. The zero-order chi connectivity index (χ0) is 14.5. The van der Waals surface area contributed by atoms with Gasteiger partial charge < -0.3 is 14.9 Å². The standard InChI is InChI=1S/C15H22N2O3/c1-3-5-6-10(4-2)9-19-13-8-12-14(7-11(13)16)20-15(18)17-12/h7-8,10H,3-6,9,16H2,1-2H3,(H,17,18). The third-order valence-electron chi connectivity index (χ3n) is 3.57. The van der Waals surface area contributed by atoms with Crippen molar-refractivity contribution in [1.82, 2.24) is 4.98 Å². The van der Waals surface area contributed by atoms with Gasteiger partial charge >= 0.3 is 5.76 Å². The second-order valence-corrected chi connectivity index (χ2v) is 5.13. The molecule has 3 N–H and O–H groups in total. The molecule has 1 aromatic carbocycles. The molecule has 0 aliphatic rings. The lowest BCUT2D eigenvalue weighted by Crippen LogP contribution is -2.12. The Kier molecular flexibility index (Phi) is 4.71. The van der Waals surface area contributed by atoms with Crippen LogP contribution in [0.3, 0.4) is 0 Å². The Morgan fingerprint density at radius 2 is 2.20 bits per heavy atom. The number of ether oxygens (including phenoxy) is 1. The zero-order valence-corrected chi connectivity index (χ0v) is 12.1. The van der Waals surface area contributed by atoms with Crippen LogP contribution >= 0.6 is 0 Å². The largest absolute Gasteiger partial charge is 0.491 e. The highest BCUT2D eigenvalue weighted by Crippen LogP contribution is 2.27. The summed E-state index contributed by atoms with van der Waals surface area (Å²) in [6.45, 7) is 5.01. The quantitative estimate of drug-likeness (QED) is 0.761. The lowest BCUT2D eigenvalue weighted by Gasteiger charge is -2.16. The number of aromatic nitrogens is 1. The normalized spacial score (nSPS) is 12.7. The van der Waals surface area contributed by atoms with Crippen LogP contribution in [0.2, 0.25) is 0 Å². The Bertz CT molecular complexity index is 615. The molecule has 1 unspecified atom stereocenters. The van der Waals surface area contributed by atoms with E-state index in [9.17, 15) is 4.79 Å². The van der Waals surface area contributed by atoms with Crippen LogP contribution in [-0.2, 0) is 0 Å². The first kappa shape index (κ1) is 14.5. The molecule has 0 saturated carbocycles. The summed E-state index contributed by atoms with van der Waals surface area (Å²) < 4.78 is 10.8. The Morgan fingerprint density at radius 3 is 2.90 bits per heavy atom. The Labute approximate surface area is 118 Å². The minimum atomic E-state index is -0.481. The van der Waals surface area contributed by atoms with Crippen LogP contribution in [0.15, 0.2) is 21.3 Å². The minimum Gasteiger partial charge on any atom is -0.491 e. The van der Waals surface area contributed by atoms with E-state index < -0.39 is 5.76 Å². The van der Waals surface area contributed by atoms with Gasteiger partial charge in [0.25, 0.3) is 0 Å². The van der Waals surface area contributed by atoms with E-state index in [2.05, 4.69) is 18.8 Å². The van der Waals surface area contributed by atoms with Crippen LogP contribution in [0.5, 0.6) is 5.75 Å². The van der Waals surface area contributed by atoms with E-state index >= 15 is 0 Å². The zero-order valence-electron chi connectivity index (χ0n) is 12.1. The molecule has 0 fully saturated rings. The molecule has 0 saturated heterocycles. The van der Waals surface area contributed by atoms with E-state index in [1.807, 2.05) is 0 Å². The number of H-pyrrole nitrogens is 1. The van der Waals surface area contributed by atoms with Gasteiger partial charge in [-0.25, -0.2) is 4.79 Å². The van der Waals surface area contributed by atoms with Crippen molar-refractivity contribution < 1.29 is 9.15 Å². The third-order valence-corrected chi connectivity index (χ3v) is 3.57. The van der Waals surface area contributed by atoms with Gasteiger partial charge in [0.1, 0.15) is 5.75 Å². The van der Waals surface area contributed by atoms with Gasteiger partial charge in [-0.3, -0.25) is 4.98 Å². The number of anilines is 1. The van der Waals surface area contributed by atoms with E-state index in [1.165, 1.54) is 12.8 Å².